The van der Waals surface area contributed by atoms with Crippen molar-refractivity contribution in [2.24, 2.45) is 5.92 Å². The number of benzene rings is 1. The summed E-state index contributed by atoms with van der Waals surface area (Å²) in [6.07, 6.45) is 1.91. The Morgan fingerprint density at radius 3 is 2.29 bits per heavy atom. The molecule has 2 atom stereocenters. The number of carbonyl (C=O) groups excluding carboxylic acids is 1. The van der Waals surface area contributed by atoms with Gasteiger partial charge in [0.05, 0.1) is 20.6 Å². The third kappa shape index (κ3) is 3.22. The number of nitrogens with two attached hydrogens (primary N) is 1. The number of likely N-dealkylation sites (tertiary alicyclic amines) is 1. The van der Waals surface area contributed by atoms with E-state index in [2.05, 4.69) is 6.92 Å². The van der Waals surface area contributed by atoms with Gasteiger partial charge >= 0.3 is 0 Å². The number of rotatable bonds is 3. The lowest BCUT2D eigenvalue weighted by atomic mass is 9.99. The zero-order chi connectivity index (χ0) is 17.6. The molecule has 2 heterocycles. The first-order valence-corrected chi connectivity index (χ1v) is 9.96. The van der Waals surface area contributed by atoms with Crippen LogP contribution in [0.5, 0.6) is 0 Å². The second kappa shape index (κ2) is 6.37. The van der Waals surface area contributed by atoms with E-state index in [4.69, 9.17) is 28.9 Å². The lowest BCUT2D eigenvalue weighted by molar-refractivity contribution is -0.132. The van der Waals surface area contributed by atoms with Crippen LogP contribution in [0.1, 0.15) is 19.8 Å². The van der Waals surface area contributed by atoms with E-state index in [1.54, 1.807) is 4.90 Å². The van der Waals surface area contributed by atoms with Crippen LogP contribution in [0.4, 0.5) is 5.69 Å². The van der Waals surface area contributed by atoms with Crippen molar-refractivity contribution in [3.05, 3.63) is 22.2 Å². The van der Waals surface area contributed by atoms with E-state index >= 15 is 0 Å². The maximum absolute atomic E-state index is 12.7. The highest BCUT2D eigenvalue weighted by atomic mass is 35.5. The van der Waals surface area contributed by atoms with Crippen LogP contribution in [-0.2, 0) is 14.8 Å². The number of piperidine rings is 1. The zero-order valence-corrected chi connectivity index (χ0v) is 15.5. The largest absolute Gasteiger partial charge is 0.396 e. The van der Waals surface area contributed by atoms with Crippen LogP contribution < -0.4 is 5.73 Å². The number of carbonyl (C=O) groups is 1. The van der Waals surface area contributed by atoms with Gasteiger partial charge in [-0.2, -0.15) is 4.31 Å². The van der Waals surface area contributed by atoms with Crippen molar-refractivity contribution < 1.29 is 13.2 Å². The van der Waals surface area contributed by atoms with Gasteiger partial charge in [-0.15, -0.1) is 0 Å². The normalized spacial score (nSPS) is 24.9. The fourth-order valence-electron chi connectivity index (χ4n) is 2.88. The van der Waals surface area contributed by atoms with Crippen molar-refractivity contribution in [1.82, 2.24) is 9.21 Å². The SMILES string of the molecule is CC1CCN(C(=O)C2CN2S(=O)(=O)c2cc(Cl)c(N)c(Cl)c2)CC1. The van der Waals surface area contributed by atoms with Crippen molar-refractivity contribution in [3.8, 4) is 0 Å². The number of hydrogen-bond acceptors (Lipinski definition) is 4. The van der Waals surface area contributed by atoms with E-state index in [-0.39, 0.29) is 33.1 Å². The second-order valence-electron chi connectivity index (χ2n) is 6.40. The van der Waals surface area contributed by atoms with Gasteiger partial charge in [0, 0.05) is 19.6 Å². The smallest absolute Gasteiger partial charge is 0.244 e. The van der Waals surface area contributed by atoms with Crippen molar-refractivity contribution in [1.29, 1.82) is 0 Å². The molecule has 132 valence electrons. The molecule has 0 aliphatic carbocycles. The molecule has 2 N–H and O–H groups in total. The van der Waals surface area contributed by atoms with E-state index < -0.39 is 16.1 Å². The maximum atomic E-state index is 12.7. The maximum Gasteiger partial charge on any atom is 0.244 e. The molecule has 2 saturated heterocycles. The molecular formula is C15H19Cl2N3O3S. The molecule has 0 saturated carbocycles. The second-order valence-corrected chi connectivity index (χ2v) is 9.10. The van der Waals surface area contributed by atoms with Crippen LogP contribution in [0, 0.1) is 5.92 Å². The molecule has 0 bridgehead atoms. The Balaban J connectivity index is 1.75. The third-order valence-corrected chi connectivity index (χ3v) is 7.08. The average Bonchev–Trinajstić information content (AvgIpc) is 3.33. The van der Waals surface area contributed by atoms with Gasteiger partial charge in [-0.1, -0.05) is 30.1 Å². The van der Waals surface area contributed by atoms with Crippen LogP contribution in [0.3, 0.4) is 0 Å². The number of nitrogen functional groups attached to an aromatic ring is 1. The predicted octanol–water partition coefficient (Wildman–Crippen LogP) is 2.21. The molecule has 2 aliphatic rings. The van der Waals surface area contributed by atoms with E-state index in [1.165, 1.54) is 16.4 Å². The Morgan fingerprint density at radius 2 is 1.75 bits per heavy atom. The number of amides is 1. The van der Waals surface area contributed by atoms with E-state index in [1.807, 2.05) is 0 Å². The molecule has 3 rings (SSSR count). The molecule has 0 aromatic heterocycles. The molecule has 2 aliphatic heterocycles. The molecule has 2 unspecified atom stereocenters. The van der Waals surface area contributed by atoms with Crippen LogP contribution in [0.2, 0.25) is 10.0 Å². The summed E-state index contributed by atoms with van der Waals surface area (Å²) in [5.41, 5.74) is 5.77. The van der Waals surface area contributed by atoms with Crippen LogP contribution in [0.15, 0.2) is 17.0 Å². The number of anilines is 1. The molecule has 6 nitrogen and oxygen atoms in total. The van der Waals surface area contributed by atoms with Gasteiger partial charge in [-0.3, -0.25) is 4.79 Å². The Hall–Kier alpha value is -1.02. The minimum Gasteiger partial charge on any atom is -0.396 e. The molecule has 9 heteroatoms. The Kier molecular flexibility index (Phi) is 4.72. The molecule has 0 spiro atoms. The lowest BCUT2D eigenvalue weighted by Crippen LogP contribution is -2.41. The van der Waals surface area contributed by atoms with Crippen molar-refractivity contribution in [3.63, 3.8) is 0 Å². The van der Waals surface area contributed by atoms with Crippen molar-refractivity contribution in [2.75, 3.05) is 25.4 Å². The monoisotopic (exact) mass is 391 g/mol. The zero-order valence-electron chi connectivity index (χ0n) is 13.2. The first-order chi connectivity index (χ1) is 11.2. The van der Waals surface area contributed by atoms with Crippen LogP contribution in [0.25, 0.3) is 0 Å². The minimum atomic E-state index is -3.81. The van der Waals surface area contributed by atoms with Gasteiger partial charge in [-0.25, -0.2) is 8.42 Å². The van der Waals surface area contributed by atoms with Gasteiger partial charge in [0.2, 0.25) is 15.9 Å². The van der Waals surface area contributed by atoms with Gasteiger partial charge < -0.3 is 10.6 Å². The van der Waals surface area contributed by atoms with Crippen LogP contribution >= 0.6 is 23.2 Å². The Labute approximate surface area is 151 Å². The molecule has 1 aromatic rings. The number of nitrogens with zero attached hydrogens (tertiary/aromatic N) is 2. The number of halogens is 2. The summed E-state index contributed by atoms with van der Waals surface area (Å²) in [4.78, 5) is 14.2. The van der Waals surface area contributed by atoms with Gasteiger partial charge in [0.1, 0.15) is 6.04 Å². The number of sulfonamides is 1. The standard InChI is InChI=1S/C15H19Cl2N3O3S/c1-9-2-4-19(5-3-9)15(21)13-8-20(13)24(22,23)10-6-11(16)14(18)12(17)7-10/h6-7,9,13H,2-5,8,18H2,1H3. The van der Waals surface area contributed by atoms with Gasteiger partial charge in [-0.05, 0) is 30.9 Å². The van der Waals surface area contributed by atoms with Crippen molar-refractivity contribution >= 4 is 44.8 Å². The molecule has 24 heavy (non-hydrogen) atoms. The molecule has 1 amide bonds. The fourth-order valence-corrected chi connectivity index (χ4v) is 5.06. The quantitative estimate of drug-likeness (QED) is 0.632. The van der Waals surface area contributed by atoms with Gasteiger partial charge in [0.15, 0.2) is 0 Å². The topological polar surface area (TPSA) is 83.5 Å². The molecule has 0 radical (unpaired) electrons. The summed E-state index contributed by atoms with van der Waals surface area (Å²) in [5.74, 6) is 0.477. The molecule has 1 aromatic carbocycles. The third-order valence-electron chi connectivity index (χ3n) is 4.61. The molecule has 2 fully saturated rings. The highest BCUT2D eigenvalue weighted by Crippen LogP contribution is 2.36. The van der Waals surface area contributed by atoms with E-state index in [0.29, 0.717) is 19.0 Å². The predicted molar refractivity (Wildman–Crippen MR) is 93.5 cm³/mol. The van der Waals surface area contributed by atoms with Crippen molar-refractivity contribution in [2.45, 2.75) is 30.7 Å². The van der Waals surface area contributed by atoms with Gasteiger partial charge in [0.25, 0.3) is 0 Å². The fraction of sp³-hybridized carbons (Fsp3) is 0.533. The first-order valence-electron chi connectivity index (χ1n) is 7.77. The first kappa shape index (κ1) is 17.8. The lowest BCUT2D eigenvalue weighted by Gasteiger charge is -2.30. The van der Waals surface area contributed by atoms with Crippen LogP contribution in [-0.4, -0.2) is 49.2 Å². The summed E-state index contributed by atoms with van der Waals surface area (Å²) in [6, 6.07) is 1.90. The highest BCUT2D eigenvalue weighted by molar-refractivity contribution is 7.89. The highest BCUT2D eigenvalue weighted by Gasteiger charge is 2.51. The summed E-state index contributed by atoms with van der Waals surface area (Å²) in [7, 11) is -3.81. The summed E-state index contributed by atoms with van der Waals surface area (Å²) >= 11 is 11.8. The summed E-state index contributed by atoms with van der Waals surface area (Å²) in [5, 5.41) is 0.159. The van der Waals surface area contributed by atoms with E-state index in [9.17, 15) is 13.2 Å². The average molecular weight is 392 g/mol. The Morgan fingerprint density at radius 1 is 1.21 bits per heavy atom. The summed E-state index contributed by atoms with van der Waals surface area (Å²) < 4.78 is 26.5. The van der Waals surface area contributed by atoms with E-state index in [0.717, 1.165) is 12.8 Å². The summed E-state index contributed by atoms with van der Waals surface area (Å²) in [6.45, 7) is 3.71. The number of hydrogen-bond donors (Lipinski definition) is 1. The Bertz CT molecular complexity index is 753. The minimum absolute atomic E-state index is 0.0470. The molecular weight excluding hydrogens is 373 g/mol.